The largest absolute Gasteiger partial charge is 0.368 e. The minimum Gasteiger partial charge on any atom is -0.368 e. The summed E-state index contributed by atoms with van der Waals surface area (Å²) in [5, 5.41) is 13.1. The molecule has 0 saturated carbocycles. The molecule has 4 N–H and O–H groups in total. The standard InChI is InChI=1S/C28H24N8O3S/c1-17(32-25-19(15-29)16-31-28(30)34-25)26-33-23-10-6-9-22(18-11-13-20(14-12-18)35-40(2,38)39)24(23)27(37)36(26)21-7-4-3-5-8-21/h3-14,16-17,35H,1-2H3,(H3,30,31,32,34)/t17-/m0/s1. The number of anilines is 3. The summed E-state index contributed by atoms with van der Waals surface area (Å²) in [5.41, 5.74) is 8.51. The fourth-order valence-electron chi connectivity index (χ4n) is 4.39. The molecule has 40 heavy (non-hydrogen) atoms. The molecule has 0 spiro atoms. The first-order valence-electron chi connectivity index (χ1n) is 12.1. The highest BCUT2D eigenvalue weighted by Gasteiger charge is 2.21. The van der Waals surface area contributed by atoms with E-state index in [9.17, 15) is 18.5 Å². The van der Waals surface area contributed by atoms with E-state index in [4.69, 9.17) is 10.7 Å². The molecule has 0 saturated heterocycles. The lowest BCUT2D eigenvalue weighted by atomic mass is 10.0. The number of hydrogen-bond donors (Lipinski definition) is 3. The van der Waals surface area contributed by atoms with Gasteiger partial charge in [0.25, 0.3) is 5.56 Å². The molecule has 5 rings (SSSR count). The third-order valence-corrected chi connectivity index (χ3v) is 6.71. The lowest BCUT2D eigenvalue weighted by Gasteiger charge is -2.21. The maximum Gasteiger partial charge on any atom is 0.266 e. The van der Waals surface area contributed by atoms with Gasteiger partial charge in [-0.3, -0.25) is 14.1 Å². The zero-order chi connectivity index (χ0) is 28.4. The van der Waals surface area contributed by atoms with E-state index in [1.807, 2.05) is 49.4 Å². The number of nitrogens with zero attached hydrogens (tertiary/aromatic N) is 5. The van der Waals surface area contributed by atoms with Gasteiger partial charge in [0.05, 0.1) is 35.1 Å². The molecule has 2 aromatic heterocycles. The van der Waals surface area contributed by atoms with Crippen LogP contribution in [0.2, 0.25) is 0 Å². The van der Waals surface area contributed by atoms with Crippen LogP contribution in [0.15, 0.2) is 83.8 Å². The van der Waals surface area contributed by atoms with Crippen molar-refractivity contribution in [2.24, 2.45) is 0 Å². The van der Waals surface area contributed by atoms with Gasteiger partial charge in [-0.05, 0) is 48.4 Å². The second-order valence-electron chi connectivity index (χ2n) is 9.07. The van der Waals surface area contributed by atoms with Crippen LogP contribution in [-0.4, -0.2) is 34.2 Å². The Hall–Kier alpha value is -5.28. The number of nitrogens with one attached hydrogen (secondary N) is 2. The summed E-state index contributed by atoms with van der Waals surface area (Å²) in [6.45, 7) is 1.81. The summed E-state index contributed by atoms with van der Waals surface area (Å²) in [7, 11) is -3.43. The predicted octanol–water partition coefficient (Wildman–Crippen LogP) is 3.84. The van der Waals surface area contributed by atoms with Gasteiger partial charge < -0.3 is 11.1 Å². The predicted molar refractivity (Wildman–Crippen MR) is 154 cm³/mol. The molecule has 0 unspecified atom stereocenters. The number of sulfonamides is 1. The SMILES string of the molecule is C[C@H](Nc1nc(N)ncc1C#N)c1nc2cccc(-c3ccc(NS(C)(=O)=O)cc3)c2c(=O)n1-c1ccccc1. The van der Waals surface area contributed by atoms with Crippen molar-refractivity contribution < 1.29 is 8.42 Å². The number of fused-ring (bicyclic) bond motifs is 1. The summed E-state index contributed by atoms with van der Waals surface area (Å²) in [5.74, 6) is 0.630. The third-order valence-electron chi connectivity index (χ3n) is 6.11. The van der Waals surface area contributed by atoms with Crippen molar-refractivity contribution in [1.29, 1.82) is 5.26 Å². The molecule has 2 heterocycles. The molecule has 12 heteroatoms. The van der Waals surface area contributed by atoms with Crippen LogP contribution in [0, 0.1) is 11.3 Å². The zero-order valence-electron chi connectivity index (χ0n) is 21.5. The van der Waals surface area contributed by atoms with Crippen LogP contribution in [0.25, 0.3) is 27.7 Å². The van der Waals surface area contributed by atoms with E-state index >= 15 is 0 Å². The number of benzene rings is 3. The van der Waals surface area contributed by atoms with Crippen LogP contribution in [0.5, 0.6) is 0 Å². The molecule has 5 aromatic rings. The summed E-state index contributed by atoms with van der Waals surface area (Å²) in [6.07, 6.45) is 2.41. The quantitative estimate of drug-likeness (QED) is 0.271. The Bertz CT molecular complexity index is 1930. The fourth-order valence-corrected chi connectivity index (χ4v) is 4.96. The third kappa shape index (κ3) is 5.31. The van der Waals surface area contributed by atoms with Crippen molar-refractivity contribution >= 4 is 38.4 Å². The minimum atomic E-state index is -3.43. The van der Waals surface area contributed by atoms with Crippen LogP contribution in [-0.2, 0) is 10.0 Å². The van der Waals surface area contributed by atoms with Gasteiger partial charge in [0.2, 0.25) is 16.0 Å². The van der Waals surface area contributed by atoms with Crippen molar-refractivity contribution in [1.82, 2.24) is 19.5 Å². The van der Waals surface area contributed by atoms with Crippen LogP contribution in [0.1, 0.15) is 24.4 Å². The molecular weight excluding hydrogens is 528 g/mol. The highest BCUT2D eigenvalue weighted by Crippen LogP contribution is 2.29. The Morgan fingerprint density at radius 3 is 2.40 bits per heavy atom. The smallest absolute Gasteiger partial charge is 0.266 e. The number of hydrogen-bond acceptors (Lipinski definition) is 9. The first-order chi connectivity index (χ1) is 19.1. The maximum atomic E-state index is 14.2. The Morgan fingerprint density at radius 2 is 1.73 bits per heavy atom. The molecular formula is C28H24N8O3S. The molecule has 0 aliphatic rings. The molecule has 200 valence electrons. The Labute approximate surface area is 230 Å². The molecule has 0 radical (unpaired) electrons. The van der Waals surface area contributed by atoms with Crippen molar-refractivity contribution in [3.63, 3.8) is 0 Å². The van der Waals surface area contributed by atoms with Gasteiger partial charge in [0.15, 0.2) is 0 Å². The van der Waals surface area contributed by atoms with Crippen LogP contribution >= 0.6 is 0 Å². The average Bonchev–Trinajstić information content (AvgIpc) is 2.93. The van der Waals surface area contributed by atoms with Gasteiger partial charge in [-0.1, -0.05) is 42.5 Å². The maximum absolute atomic E-state index is 14.2. The number of rotatable bonds is 7. The van der Waals surface area contributed by atoms with E-state index < -0.39 is 16.1 Å². The van der Waals surface area contributed by atoms with Crippen LogP contribution < -0.4 is 21.3 Å². The van der Waals surface area contributed by atoms with Crippen molar-refractivity contribution in [3.05, 3.63) is 101 Å². The van der Waals surface area contributed by atoms with Crippen molar-refractivity contribution in [2.75, 3.05) is 22.0 Å². The van der Waals surface area contributed by atoms with E-state index in [-0.39, 0.29) is 22.9 Å². The molecule has 11 nitrogen and oxygen atoms in total. The normalized spacial score (nSPS) is 12.0. The van der Waals surface area contributed by atoms with Gasteiger partial charge in [-0.25, -0.2) is 18.4 Å². The summed E-state index contributed by atoms with van der Waals surface area (Å²) in [4.78, 5) is 27.2. The van der Waals surface area contributed by atoms with Gasteiger partial charge in [-0.15, -0.1) is 0 Å². The summed E-state index contributed by atoms with van der Waals surface area (Å²) < 4.78 is 27.2. The topological polar surface area (TPSA) is 169 Å². The number of aromatic nitrogens is 4. The Kier molecular flexibility index (Phi) is 6.89. The number of nitrogens with two attached hydrogens (primary N) is 1. The van der Waals surface area contributed by atoms with Gasteiger partial charge in [0.1, 0.15) is 23.3 Å². The van der Waals surface area contributed by atoms with Gasteiger partial charge >= 0.3 is 0 Å². The molecule has 1 atom stereocenters. The second-order valence-corrected chi connectivity index (χ2v) is 10.8. The highest BCUT2D eigenvalue weighted by molar-refractivity contribution is 7.92. The zero-order valence-corrected chi connectivity index (χ0v) is 22.3. The molecule has 0 amide bonds. The summed E-state index contributed by atoms with van der Waals surface area (Å²) >= 11 is 0. The number of nitrogen functional groups attached to an aromatic ring is 1. The number of para-hydroxylation sites is 1. The van der Waals surface area contributed by atoms with Crippen molar-refractivity contribution in [3.8, 4) is 22.9 Å². The first kappa shape index (κ1) is 26.3. The fraction of sp³-hybridized carbons (Fsp3) is 0.107. The van der Waals surface area contributed by atoms with Crippen LogP contribution in [0.3, 0.4) is 0 Å². The lowest BCUT2D eigenvalue weighted by molar-refractivity contribution is 0.607. The molecule has 3 aromatic carbocycles. The summed E-state index contributed by atoms with van der Waals surface area (Å²) in [6, 6.07) is 22.7. The van der Waals surface area contributed by atoms with E-state index in [2.05, 4.69) is 20.0 Å². The van der Waals surface area contributed by atoms with E-state index in [0.717, 1.165) is 11.8 Å². The number of nitriles is 1. The van der Waals surface area contributed by atoms with E-state index in [0.29, 0.717) is 33.7 Å². The Morgan fingerprint density at radius 1 is 1.00 bits per heavy atom. The monoisotopic (exact) mass is 552 g/mol. The van der Waals surface area contributed by atoms with Gasteiger partial charge in [0, 0.05) is 5.69 Å². The van der Waals surface area contributed by atoms with Crippen LogP contribution in [0.4, 0.5) is 17.5 Å². The van der Waals surface area contributed by atoms with E-state index in [1.54, 1.807) is 36.4 Å². The second kappa shape index (κ2) is 10.5. The van der Waals surface area contributed by atoms with Gasteiger partial charge in [-0.2, -0.15) is 10.2 Å². The van der Waals surface area contributed by atoms with E-state index in [1.165, 1.54) is 10.8 Å². The first-order valence-corrected chi connectivity index (χ1v) is 14.0. The average molecular weight is 553 g/mol. The minimum absolute atomic E-state index is 0.00279. The molecule has 0 aliphatic heterocycles. The highest BCUT2D eigenvalue weighted by atomic mass is 32.2. The molecule has 0 bridgehead atoms. The Balaban J connectivity index is 1.68. The molecule has 0 aliphatic carbocycles. The van der Waals surface area contributed by atoms with Crippen molar-refractivity contribution in [2.45, 2.75) is 13.0 Å². The molecule has 0 fully saturated rings. The lowest BCUT2D eigenvalue weighted by Crippen LogP contribution is -2.28.